The van der Waals surface area contributed by atoms with Crippen molar-refractivity contribution in [1.29, 1.82) is 0 Å². The molecule has 1 saturated heterocycles. The molecule has 0 radical (unpaired) electrons. The highest BCUT2D eigenvalue weighted by Crippen LogP contribution is 2.18. The molecule has 1 aromatic heterocycles. The van der Waals surface area contributed by atoms with E-state index in [-0.39, 0.29) is 0 Å². The summed E-state index contributed by atoms with van der Waals surface area (Å²) in [5, 5.41) is 13.7. The molecule has 2 atom stereocenters. The van der Waals surface area contributed by atoms with Crippen LogP contribution in [0.25, 0.3) is 0 Å². The molecule has 1 fully saturated rings. The summed E-state index contributed by atoms with van der Waals surface area (Å²) in [6.07, 6.45) is 1.55. The quantitative estimate of drug-likeness (QED) is 0.631. The van der Waals surface area contributed by atoms with Crippen molar-refractivity contribution in [3.8, 4) is 0 Å². The molecule has 1 aliphatic heterocycles. The average molecular weight is 207 g/mol. The molecule has 6 nitrogen and oxygen atoms in total. The van der Waals surface area contributed by atoms with E-state index in [2.05, 4.69) is 15.6 Å². The van der Waals surface area contributed by atoms with E-state index in [1.807, 2.05) is 0 Å². The molecule has 6 heteroatoms. The molecule has 2 heterocycles. The van der Waals surface area contributed by atoms with Gasteiger partial charge in [-0.05, 0) is 12.1 Å². The standard InChI is InChI=1S/C9H9N3O3/c13-8(14)7-6(11-9(15)12-7)5-3-1-2-4-10-5/h1-4,6-7H,(H,13,14)(H2,11,12,15). The Hall–Kier alpha value is -2.11. The Balaban J connectivity index is 2.28. The van der Waals surface area contributed by atoms with Crippen molar-refractivity contribution in [3.63, 3.8) is 0 Å². The van der Waals surface area contributed by atoms with Crippen molar-refractivity contribution in [2.24, 2.45) is 0 Å². The second-order valence-electron chi connectivity index (χ2n) is 3.17. The van der Waals surface area contributed by atoms with Crippen molar-refractivity contribution in [2.75, 3.05) is 0 Å². The summed E-state index contributed by atoms with van der Waals surface area (Å²) in [6, 6.07) is 3.07. The van der Waals surface area contributed by atoms with Crippen LogP contribution in [0.4, 0.5) is 4.79 Å². The number of pyridine rings is 1. The molecular weight excluding hydrogens is 198 g/mol. The van der Waals surface area contributed by atoms with E-state index >= 15 is 0 Å². The van der Waals surface area contributed by atoms with E-state index in [0.29, 0.717) is 5.69 Å². The van der Waals surface area contributed by atoms with Crippen LogP contribution < -0.4 is 10.6 Å². The number of hydrogen-bond acceptors (Lipinski definition) is 3. The number of carboxylic acids is 1. The topological polar surface area (TPSA) is 91.3 Å². The van der Waals surface area contributed by atoms with Crippen LogP contribution in [0.5, 0.6) is 0 Å². The number of nitrogens with zero attached hydrogens (tertiary/aromatic N) is 1. The highest BCUT2D eigenvalue weighted by molar-refractivity contribution is 5.87. The number of rotatable bonds is 2. The van der Waals surface area contributed by atoms with Crippen LogP contribution in [0.1, 0.15) is 11.7 Å². The molecule has 0 saturated carbocycles. The first-order chi connectivity index (χ1) is 7.18. The summed E-state index contributed by atoms with van der Waals surface area (Å²) in [7, 11) is 0. The van der Waals surface area contributed by atoms with Crippen LogP contribution >= 0.6 is 0 Å². The second kappa shape index (κ2) is 3.56. The van der Waals surface area contributed by atoms with Gasteiger partial charge in [-0.1, -0.05) is 6.07 Å². The monoisotopic (exact) mass is 207 g/mol. The summed E-state index contributed by atoms with van der Waals surface area (Å²) >= 11 is 0. The first-order valence-corrected chi connectivity index (χ1v) is 4.39. The van der Waals surface area contributed by atoms with Gasteiger partial charge in [0.1, 0.15) is 6.04 Å². The number of hydrogen-bond donors (Lipinski definition) is 3. The van der Waals surface area contributed by atoms with Gasteiger partial charge in [-0.25, -0.2) is 9.59 Å². The first-order valence-electron chi connectivity index (χ1n) is 4.39. The number of nitrogens with one attached hydrogen (secondary N) is 2. The third-order valence-electron chi connectivity index (χ3n) is 2.18. The highest BCUT2D eigenvalue weighted by atomic mass is 16.4. The van der Waals surface area contributed by atoms with Gasteiger partial charge in [0, 0.05) is 6.20 Å². The second-order valence-corrected chi connectivity index (χ2v) is 3.17. The molecular formula is C9H9N3O3. The fourth-order valence-corrected chi connectivity index (χ4v) is 1.50. The molecule has 1 aromatic rings. The number of amides is 2. The van der Waals surface area contributed by atoms with Crippen molar-refractivity contribution in [3.05, 3.63) is 30.1 Å². The third kappa shape index (κ3) is 1.74. The van der Waals surface area contributed by atoms with Crippen molar-refractivity contribution in [2.45, 2.75) is 12.1 Å². The molecule has 3 N–H and O–H groups in total. The van der Waals surface area contributed by atoms with Crippen LogP contribution in [0, 0.1) is 0 Å². The maximum absolute atomic E-state index is 11.0. The lowest BCUT2D eigenvalue weighted by Crippen LogP contribution is -2.36. The van der Waals surface area contributed by atoms with E-state index < -0.39 is 24.1 Å². The van der Waals surface area contributed by atoms with E-state index in [4.69, 9.17) is 5.11 Å². The van der Waals surface area contributed by atoms with Gasteiger partial charge in [0.15, 0.2) is 6.04 Å². The maximum Gasteiger partial charge on any atom is 0.328 e. The molecule has 0 bridgehead atoms. The molecule has 78 valence electrons. The van der Waals surface area contributed by atoms with Crippen LogP contribution in [-0.2, 0) is 4.79 Å². The largest absolute Gasteiger partial charge is 0.480 e. The Bertz CT molecular complexity index is 393. The minimum Gasteiger partial charge on any atom is -0.480 e. The maximum atomic E-state index is 11.0. The molecule has 0 aliphatic carbocycles. The summed E-state index contributed by atoms with van der Waals surface area (Å²) in [5.41, 5.74) is 0.531. The summed E-state index contributed by atoms with van der Waals surface area (Å²) in [4.78, 5) is 25.9. The Kier molecular flexibility index (Phi) is 2.24. The lowest BCUT2D eigenvalue weighted by atomic mass is 10.1. The Morgan fingerprint density at radius 1 is 1.40 bits per heavy atom. The number of urea groups is 1. The number of carboxylic acid groups (broad SMARTS) is 1. The molecule has 2 rings (SSSR count). The fraction of sp³-hybridized carbons (Fsp3) is 0.222. The van der Waals surface area contributed by atoms with Gasteiger partial charge in [-0.15, -0.1) is 0 Å². The summed E-state index contributed by atoms with van der Waals surface area (Å²) in [5.74, 6) is -1.08. The van der Waals surface area contributed by atoms with E-state index in [0.717, 1.165) is 0 Å². The normalized spacial score (nSPS) is 24.4. The van der Waals surface area contributed by atoms with Crippen molar-refractivity contribution >= 4 is 12.0 Å². The molecule has 2 amide bonds. The van der Waals surface area contributed by atoms with E-state index in [1.165, 1.54) is 0 Å². The predicted molar refractivity (Wildman–Crippen MR) is 50.1 cm³/mol. The Labute approximate surface area is 85.3 Å². The smallest absolute Gasteiger partial charge is 0.328 e. The molecule has 0 spiro atoms. The molecule has 1 aliphatic rings. The number of carbonyl (C=O) groups is 2. The van der Waals surface area contributed by atoms with Gasteiger partial charge in [-0.3, -0.25) is 4.98 Å². The van der Waals surface area contributed by atoms with Gasteiger partial charge in [0.2, 0.25) is 0 Å². The fourth-order valence-electron chi connectivity index (χ4n) is 1.50. The van der Waals surface area contributed by atoms with Crippen LogP contribution in [0.3, 0.4) is 0 Å². The molecule has 15 heavy (non-hydrogen) atoms. The van der Waals surface area contributed by atoms with Gasteiger partial charge in [0.25, 0.3) is 0 Å². The van der Waals surface area contributed by atoms with Crippen LogP contribution in [-0.4, -0.2) is 28.1 Å². The Morgan fingerprint density at radius 3 is 2.80 bits per heavy atom. The number of aromatic nitrogens is 1. The summed E-state index contributed by atoms with van der Waals surface area (Å²) < 4.78 is 0. The summed E-state index contributed by atoms with van der Waals surface area (Å²) in [6.45, 7) is 0. The van der Waals surface area contributed by atoms with Gasteiger partial charge in [-0.2, -0.15) is 0 Å². The van der Waals surface area contributed by atoms with Gasteiger partial charge in [0.05, 0.1) is 5.69 Å². The lowest BCUT2D eigenvalue weighted by molar-refractivity contribution is -0.139. The van der Waals surface area contributed by atoms with Gasteiger partial charge < -0.3 is 15.7 Å². The van der Waals surface area contributed by atoms with Gasteiger partial charge >= 0.3 is 12.0 Å². The average Bonchev–Trinajstić information content (AvgIpc) is 2.62. The highest BCUT2D eigenvalue weighted by Gasteiger charge is 2.38. The number of carbonyl (C=O) groups excluding carboxylic acids is 1. The van der Waals surface area contributed by atoms with E-state index in [9.17, 15) is 9.59 Å². The first kappa shape index (κ1) is 9.45. The zero-order chi connectivity index (χ0) is 10.8. The minimum atomic E-state index is -1.08. The van der Waals surface area contributed by atoms with E-state index in [1.54, 1.807) is 24.4 Å². The SMILES string of the molecule is O=C1NC(C(=O)O)C(c2ccccn2)N1. The zero-order valence-corrected chi connectivity index (χ0v) is 7.68. The van der Waals surface area contributed by atoms with Crippen LogP contribution in [0.2, 0.25) is 0 Å². The van der Waals surface area contributed by atoms with Crippen molar-refractivity contribution < 1.29 is 14.7 Å². The number of aliphatic carboxylic acids is 1. The Morgan fingerprint density at radius 2 is 2.20 bits per heavy atom. The molecule has 2 unspecified atom stereocenters. The zero-order valence-electron chi connectivity index (χ0n) is 7.68. The predicted octanol–water partition coefficient (Wildman–Crippen LogP) is -0.111. The lowest BCUT2D eigenvalue weighted by Gasteiger charge is -2.13. The minimum absolute atomic E-state index is 0.488. The third-order valence-corrected chi connectivity index (χ3v) is 2.18. The molecule has 0 aromatic carbocycles. The van der Waals surface area contributed by atoms with Crippen molar-refractivity contribution in [1.82, 2.24) is 15.6 Å². The van der Waals surface area contributed by atoms with Crippen LogP contribution in [0.15, 0.2) is 24.4 Å².